The summed E-state index contributed by atoms with van der Waals surface area (Å²) >= 11 is 6.08. The Kier molecular flexibility index (Phi) is 5.17. The van der Waals surface area contributed by atoms with Crippen molar-refractivity contribution in [2.75, 3.05) is 0 Å². The summed E-state index contributed by atoms with van der Waals surface area (Å²) in [6, 6.07) is 18.2. The quantitative estimate of drug-likeness (QED) is 0.564. The molecule has 3 aromatic rings. The minimum absolute atomic E-state index is 0.143. The van der Waals surface area contributed by atoms with Crippen LogP contribution in [0.2, 0.25) is 5.28 Å². The van der Waals surface area contributed by atoms with Gasteiger partial charge in [-0.25, -0.2) is 4.98 Å². The number of hydrogen-bond acceptors (Lipinski definition) is 3. The lowest BCUT2D eigenvalue weighted by Crippen LogP contribution is -1.99. The van der Waals surface area contributed by atoms with Crippen molar-refractivity contribution in [1.82, 2.24) is 15.0 Å². The smallest absolute Gasteiger partial charge is 0.208 e. The molecule has 1 aromatic heterocycles. The van der Waals surface area contributed by atoms with E-state index in [1.54, 1.807) is 18.2 Å². The standard InChI is InChI=1S/C21H16ClN3/c1-3-8-15(4-2)19-23-20(25-21(22)24-19)18-13-11-17(12-14-18)16-9-6-5-7-10-16/h3-14H,1-2H2/b15-8+. The minimum Gasteiger partial charge on any atom is -0.208 e. The van der Waals surface area contributed by atoms with Gasteiger partial charge in [0.2, 0.25) is 5.28 Å². The summed E-state index contributed by atoms with van der Waals surface area (Å²) in [6.45, 7) is 7.46. The molecule has 4 heteroatoms. The van der Waals surface area contributed by atoms with Gasteiger partial charge in [-0.2, -0.15) is 9.97 Å². The molecule has 0 N–H and O–H groups in total. The van der Waals surface area contributed by atoms with E-state index in [2.05, 4.69) is 40.2 Å². The van der Waals surface area contributed by atoms with Gasteiger partial charge in [-0.15, -0.1) is 0 Å². The third-order valence-corrected chi connectivity index (χ3v) is 3.80. The second kappa shape index (κ2) is 7.69. The predicted octanol–water partition coefficient (Wildman–Crippen LogP) is 5.61. The molecule has 2 aromatic carbocycles. The monoisotopic (exact) mass is 345 g/mol. The van der Waals surface area contributed by atoms with Gasteiger partial charge in [-0.3, -0.25) is 0 Å². The van der Waals surface area contributed by atoms with E-state index in [0.717, 1.165) is 22.3 Å². The third kappa shape index (κ3) is 3.90. The molecular formula is C21H16ClN3. The molecular weight excluding hydrogens is 330 g/mol. The maximum atomic E-state index is 6.08. The van der Waals surface area contributed by atoms with E-state index < -0.39 is 0 Å². The van der Waals surface area contributed by atoms with E-state index in [-0.39, 0.29) is 5.28 Å². The van der Waals surface area contributed by atoms with Crippen LogP contribution in [0.25, 0.3) is 28.1 Å². The molecule has 0 atom stereocenters. The first kappa shape index (κ1) is 16.8. The number of halogens is 1. The first-order valence-electron chi connectivity index (χ1n) is 7.74. The molecule has 25 heavy (non-hydrogen) atoms. The Morgan fingerprint density at radius 2 is 1.44 bits per heavy atom. The molecule has 0 saturated carbocycles. The number of rotatable bonds is 5. The highest BCUT2D eigenvalue weighted by Crippen LogP contribution is 2.24. The zero-order valence-electron chi connectivity index (χ0n) is 13.6. The van der Waals surface area contributed by atoms with Crippen LogP contribution in [-0.2, 0) is 0 Å². The molecule has 0 bridgehead atoms. The zero-order chi connectivity index (χ0) is 17.6. The van der Waals surface area contributed by atoms with E-state index in [1.807, 2.05) is 42.5 Å². The minimum atomic E-state index is 0.143. The number of hydrogen-bond donors (Lipinski definition) is 0. The van der Waals surface area contributed by atoms with Crippen LogP contribution in [0.3, 0.4) is 0 Å². The Labute approximate surface area is 152 Å². The SMILES string of the molecule is C=C/C=C(\C=C)c1nc(Cl)nc(-c2ccc(-c3ccccc3)cc2)n1. The van der Waals surface area contributed by atoms with E-state index in [4.69, 9.17) is 11.6 Å². The van der Waals surface area contributed by atoms with E-state index in [0.29, 0.717) is 11.6 Å². The Balaban J connectivity index is 1.99. The summed E-state index contributed by atoms with van der Waals surface area (Å²) in [4.78, 5) is 12.9. The van der Waals surface area contributed by atoms with Crippen molar-refractivity contribution in [3.05, 3.63) is 97.1 Å². The molecule has 122 valence electrons. The van der Waals surface area contributed by atoms with Gasteiger partial charge >= 0.3 is 0 Å². The average molecular weight is 346 g/mol. The van der Waals surface area contributed by atoms with Crippen LogP contribution < -0.4 is 0 Å². The molecule has 0 aliphatic carbocycles. The Hall–Kier alpha value is -3.04. The fourth-order valence-electron chi connectivity index (χ4n) is 2.41. The van der Waals surface area contributed by atoms with Gasteiger partial charge in [0.05, 0.1) is 0 Å². The lowest BCUT2D eigenvalue weighted by molar-refractivity contribution is 1.03. The fraction of sp³-hybridized carbons (Fsp3) is 0. The van der Waals surface area contributed by atoms with Crippen LogP contribution in [0.4, 0.5) is 0 Å². The Morgan fingerprint density at radius 1 is 0.800 bits per heavy atom. The molecule has 0 unspecified atom stereocenters. The lowest BCUT2D eigenvalue weighted by Gasteiger charge is -2.06. The summed E-state index contributed by atoms with van der Waals surface area (Å²) in [7, 11) is 0. The van der Waals surface area contributed by atoms with Gasteiger partial charge in [0, 0.05) is 11.1 Å². The van der Waals surface area contributed by atoms with Crippen LogP contribution in [-0.4, -0.2) is 15.0 Å². The number of nitrogens with zero attached hydrogens (tertiary/aromatic N) is 3. The number of aromatic nitrogens is 3. The van der Waals surface area contributed by atoms with Gasteiger partial charge in [-0.1, -0.05) is 86.0 Å². The van der Waals surface area contributed by atoms with E-state index in [9.17, 15) is 0 Å². The summed E-state index contributed by atoms with van der Waals surface area (Å²) < 4.78 is 0. The molecule has 0 aliphatic heterocycles. The lowest BCUT2D eigenvalue weighted by atomic mass is 10.0. The molecule has 0 aliphatic rings. The largest absolute Gasteiger partial charge is 0.226 e. The van der Waals surface area contributed by atoms with Crippen molar-refractivity contribution in [3.8, 4) is 22.5 Å². The Morgan fingerprint density at radius 3 is 2.08 bits per heavy atom. The average Bonchev–Trinajstić information content (AvgIpc) is 2.66. The first-order chi connectivity index (χ1) is 12.2. The molecule has 0 amide bonds. The highest BCUT2D eigenvalue weighted by molar-refractivity contribution is 6.28. The van der Waals surface area contributed by atoms with Crippen LogP contribution in [0.1, 0.15) is 5.82 Å². The van der Waals surface area contributed by atoms with Gasteiger partial charge in [-0.05, 0) is 22.7 Å². The summed E-state index contributed by atoms with van der Waals surface area (Å²) in [5, 5.41) is 0.143. The number of allylic oxidation sites excluding steroid dienone is 4. The van der Waals surface area contributed by atoms with Gasteiger partial charge in [0.25, 0.3) is 0 Å². The summed E-state index contributed by atoms with van der Waals surface area (Å²) in [6.07, 6.45) is 5.10. The predicted molar refractivity (Wildman–Crippen MR) is 104 cm³/mol. The molecule has 3 nitrogen and oxygen atoms in total. The molecule has 1 heterocycles. The summed E-state index contributed by atoms with van der Waals surface area (Å²) in [5.74, 6) is 0.989. The van der Waals surface area contributed by atoms with Gasteiger partial charge < -0.3 is 0 Å². The summed E-state index contributed by atoms with van der Waals surface area (Å²) in [5.41, 5.74) is 3.89. The molecule has 0 radical (unpaired) electrons. The van der Waals surface area contributed by atoms with Crippen LogP contribution in [0.15, 0.2) is 86.0 Å². The van der Waals surface area contributed by atoms with Crippen LogP contribution in [0.5, 0.6) is 0 Å². The van der Waals surface area contributed by atoms with Gasteiger partial charge in [0.1, 0.15) is 0 Å². The third-order valence-electron chi connectivity index (χ3n) is 3.63. The number of benzene rings is 2. The maximum absolute atomic E-state index is 6.08. The van der Waals surface area contributed by atoms with E-state index >= 15 is 0 Å². The van der Waals surface area contributed by atoms with Crippen molar-refractivity contribution in [1.29, 1.82) is 0 Å². The molecule has 0 fully saturated rings. The van der Waals surface area contributed by atoms with Crippen molar-refractivity contribution < 1.29 is 0 Å². The van der Waals surface area contributed by atoms with Crippen molar-refractivity contribution >= 4 is 17.2 Å². The highest BCUT2D eigenvalue weighted by atomic mass is 35.5. The zero-order valence-corrected chi connectivity index (χ0v) is 14.3. The van der Waals surface area contributed by atoms with Crippen molar-refractivity contribution in [2.24, 2.45) is 0 Å². The fourth-order valence-corrected chi connectivity index (χ4v) is 2.57. The van der Waals surface area contributed by atoms with Crippen LogP contribution >= 0.6 is 11.6 Å². The maximum Gasteiger partial charge on any atom is 0.226 e. The topological polar surface area (TPSA) is 38.7 Å². The van der Waals surface area contributed by atoms with E-state index in [1.165, 1.54) is 0 Å². The second-order valence-corrected chi connectivity index (χ2v) is 5.59. The van der Waals surface area contributed by atoms with Crippen LogP contribution in [0, 0.1) is 0 Å². The second-order valence-electron chi connectivity index (χ2n) is 5.26. The highest BCUT2D eigenvalue weighted by Gasteiger charge is 2.09. The Bertz CT molecular complexity index is 929. The molecule has 0 spiro atoms. The molecule has 3 rings (SSSR count). The first-order valence-corrected chi connectivity index (χ1v) is 8.12. The van der Waals surface area contributed by atoms with Crippen molar-refractivity contribution in [3.63, 3.8) is 0 Å². The normalized spacial score (nSPS) is 11.2. The van der Waals surface area contributed by atoms with Gasteiger partial charge in [0.15, 0.2) is 11.6 Å². The molecule has 0 saturated heterocycles. The van der Waals surface area contributed by atoms with Crippen molar-refractivity contribution in [2.45, 2.75) is 0 Å².